The van der Waals surface area contributed by atoms with Crippen molar-refractivity contribution in [2.45, 2.75) is 26.3 Å². The molecule has 0 radical (unpaired) electrons. The number of rotatable bonds is 4. The van der Waals surface area contributed by atoms with E-state index in [1.807, 2.05) is 18.2 Å². The van der Waals surface area contributed by atoms with E-state index in [4.69, 9.17) is 0 Å². The molecule has 2 heterocycles. The lowest BCUT2D eigenvalue weighted by Crippen LogP contribution is -2.05. The predicted octanol–water partition coefficient (Wildman–Crippen LogP) is 3.57. The van der Waals surface area contributed by atoms with Crippen LogP contribution in [0.1, 0.15) is 24.7 Å². The van der Waals surface area contributed by atoms with Crippen LogP contribution >= 0.6 is 0 Å². The highest BCUT2D eigenvalue weighted by atomic mass is 19.1. The molecule has 0 aliphatic carbocycles. The van der Waals surface area contributed by atoms with Crippen LogP contribution in [0.2, 0.25) is 0 Å². The molecular formula is C16H16FN3. The van der Waals surface area contributed by atoms with Gasteiger partial charge in [-0.3, -0.25) is 0 Å². The highest BCUT2D eigenvalue weighted by Crippen LogP contribution is 2.18. The Labute approximate surface area is 117 Å². The zero-order valence-electron chi connectivity index (χ0n) is 11.4. The van der Waals surface area contributed by atoms with Crippen LogP contribution in [0.3, 0.4) is 0 Å². The summed E-state index contributed by atoms with van der Waals surface area (Å²) >= 11 is 0. The van der Waals surface area contributed by atoms with E-state index in [9.17, 15) is 4.39 Å². The number of halogens is 1. The zero-order chi connectivity index (χ0) is 13.9. The minimum atomic E-state index is -0.185. The molecule has 0 bridgehead atoms. The Morgan fingerprint density at radius 1 is 1.15 bits per heavy atom. The van der Waals surface area contributed by atoms with E-state index >= 15 is 0 Å². The lowest BCUT2D eigenvalue weighted by molar-refractivity contribution is 0.604. The monoisotopic (exact) mass is 269 g/mol. The van der Waals surface area contributed by atoms with Crippen molar-refractivity contribution >= 4 is 11.2 Å². The van der Waals surface area contributed by atoms with Gasteiger partial charge in [-0.05, 0) is 30.2 Å². The van der Waals surface area contributed by atoms with Crippen LogP contribution in [0.5, 0.6) is 0 Å². The molecule has 3 nitrogen and oxygen atoms in total. The number of nitrogens with zero attached hydrogens (tertiary/aromatic N) is 3. The number of fused-ring (bicyclic) bond motifs is 1. The number of aryl methyl sites for hydroxylation is 1. The molecule has 2 aromatic heterocycles. The minimum Gasteiger partial charge on any atom is -0.312 e. The Kier molecular flexibility index (Phi) is 3.46. The van der Waals surface area contributed by atoms with Crippen molar-refractivity contribution in [3.63, 3.8) is 0 Å². The summed E-state index contributed by atoms with van der Waals surface area (Å²) in [6.45, 7) is 2.96. The van der Waals surface area contributed by atoms with Crippen LogP contribution in [0, 0.1) is 5.82 Å². The van der Waals surface area contributed by atoms with Gasteiger partial charge < -0.3 is 4.57 Å². The Morgan fingerprint density at radius 3 is 2.80 bits per heavy atom. The molecule has 0 fully saturated rings. The van der Waals surface area contributed by atoms with Gasteiger partial charge in [0.15, 0.2) is 5.65 Å². The van der Waals surface area contributed by atoms with E-state index in [1.54, 1.807) is 18.3 Å². The molecule has 20 heavy (non-hydrogen) atoms. The SMILES string of the molecule is CCCn1c(Cc2ccccc2F)nc2cccnc21. The number of aromatic nitrogens is 3. The van der Waals surface area contributed by atoms with Gasteiger partial charge >= 0.3 is 0 Å². The van der Waals surface area contributed by atoms with Crippen LogP contribution in [-0.2, 0) is 13.0 Å². The smallest absolute Gasteiger partial charge is 0.159 e. The molecule has 1 aromatic carbocycles. The number of hydrogen-bond acceptors (Lipinski definition) is 2. The van der Waals surface area contributed by atoms with E-state index in [-0.39, 0.29) is 5.82 Å². The first-order chi connectivity index (χ1) is 9.79. The molecule has 0 amide bonds. The third-order valence-corrected chi connectivity index (χ3v) is 3.34. The normalized spacial score (nSPS) is 11.1. The van der Waals surface area contributed by atoms with Crippen molar-refractivity contribution in [1.29, 1.82) is 0 Å². The first-order valence-electron chi connectivity index (χ1n) is 6.83. The van der Waals surface area contributed by atoms with Crippen LogP contribution < -0.4 is 0 Å². The van der Waals surface area contributed by atoms with Crippen molar-refractivity contribution in [3.8, 4) is 0 Å². The summed E-state index contributed by atoms with van der Waals surface area (Å²) in [6, 6.07) is 10.7. The lowest BCUT2D eigenvalue weighted by atomic mass is 10.1. The van der Waals surface area contributed by atoms with Crippen LogP contribution in [0.25, 0.3) is 11.2 Å². The van der Waals surface area contributed by atoms with Gasteiger partial charge in [-0.2, -0.15) is 0 Å². The summed E-state index contributed by atoms with van der Waals surface area (Å²) < 4.78 is 15.9. The molecule has 0 atom stereocenters. The van der Waals surface area contributed by atoms with Crippen molar-refractivity contribution in [3.05, 3.63) is 59.8 Å². The first kappa shape index (κ1) is 12.8. The van der Waals surface area contributed by atoms with Crippen LogP contribution in [0.15, 0.2) is 42.6 Å². The minimum absolute atomic E-state index is 0.185. The molecular weight excluding hydrogens is 253 g/mol. The average molecular weight is 269 g/mol. The Balaban J connectivity index is 2.06. The summed E-state index contributed by atoms with van der Waals surface area (Å²) in [7, 11) is 0. The van der Waals surface area contributed by atoms with Gasteiger partial charge in [0, 0.05) is 19.2 Å². The number of pyridine rings is 1. The quantitative estimate of drug-likeness (QED) is 0.725. The third kappa shape index (κ3) is 2.29. The number of imidazole rings is 1. The van der Waals surface area contributed by atoms with Gasteiger partial charge in [-0.15, -0.1) is 0 Å². The molecule has 0 unspecified atom stereocenters. The Bertz CT molecular complexity index is 733. The molecule has 3 aromatic rings. The van der Waals surface area contributed by atoms with Crippen LogP contribution in [-0.4, -0.2) is 14.5 Å². The summed E-state index contributed by atoms with van der Waals surface area (Å²) in [4.78, 5) is 8.99. The maximum absolute atomic E-state index is 13.8. The van der Waals surface area contributed by atoms with Gasteiger partial charge in [0.05, 0.1) is 0 Å². The molecule has 0 spiro atoms. The van der Waals surface area contributed by atoms with Gasteiger partial charge in [0.2, 0.25) is 0 Å². The Hall–Kier alpha value is -2.23. The number of hydrogen-bond donors (Lipinski definition) is 0. The van der Waals surface area contributed by atoms with E-state index in [1.165, 1.54) is 6.07 Å². The topological polar surface area (TPSA) is 30.7 Å². The molecule has 0 saturated heterocycles. The van der Waals surface area contributed by atoms with Gasteiger partial charge in [0.25, 0.3) is 0 Å². The van der Waals surface area contributed by atoms with Crippen molar-refractivity contribution in [2.75, 3.05) is 0 Å². The molecule has 0 aliphatic heterocycles. The highest BCUT2D eigenvalue weighted by Gasteiger charge is 2.12. The standard InChI is InChI=1S/C16H16FN3/c1-2-10-20-15(11-12-6-3-4-7-13(12)17)19-14-8-5-9-18-16(14)20/h3-9H,2,10-11H2,1H3. The summed E-state index contributed by atoms with van der Waals surface area (Å²) in [5, 5.41) is 0. The molecule has 102 valence electrons. The number of benzene rings is 1. The fourth-order valence-electron chi connectivity index (χ4n) is 2.41. The largest absolute Gasteiger partial charge is 0.312 e. The average Bonchev–Trinajstić information content (AvgIpc) is 2.80. The maximum Gasteiger partial charge on any atom is 0.159 e. The van der Waals surface area contributed by atoms with Crippen molar-refractivity contribution in [2.24, 2.45) is 0 Å². The summed E-state index contributed by atoms with van der Waals surface area (Å²) in [5.74, 6) is 0.682. The van der Waals surface area contributed by atoms with E-state index in [0.717, 1.165) is 30.0 Å². The predicted molar refractivity (Wildman–Crippen MR) is 77.0 cm³/mol. The fourth-order valence-corrected chi connectivity index (χ4v) is 2.41. The van der Waals surface area contributed by atoms with Gasteiger partial charge in [0.1, 0.15) is 17.2 Å². The highest BCUT2D eigenvalue weighted by molar-refractivity contribution is 5.71. The van der Waals surface area contributed by atoms with E-state index in [2.05, 4.69) is 21.5 Å². The van der Waals surface area contributed by atoms with Gasteiger partial charge in [-0.25, -0.2) is 14.4 Å². The lowest BCUT2D eigenvalue weighted by Gasteiger charge is -2.07. The summed E-state index contributed by atoms with van der Waals surface area (Å²) in [6.07, 6.45) is 3.25. The molecule has 0 aliphatic rings. The van der Waals surface area contributed by atoms with Gasteiger partial charge in [-0.1, -0.05) is 25.1 Å². The van der Waals surface area contributed by atoms with E-state index < -0.39 is 0 Å². The second-order valence-corrected chi connectivity index (χ2v) is 4.79. The van der Waals surface area contributed by atoms with E-state index in [0.29, 0.717) is 12.0 Å². The van der Waals surface area contributed by atoms with Crippen molar-refractivity contribution in [1.82, 2.24) is 14.5 Å². The summed E-state index contributed by atoms with van der Waals surface area (Å²) in [5.41, 5.74) is 2.41. The first-order valence-corrected chi connectivity index (χ1v) is 6.83. The second kappa shape index (κ2) is 5.41. The fraction of sp³-hybridized carbons (Fsp3) is 0.250. The second-order valence-electron chi connectivity index (χ2n) is 4.79. The molecule has 0 N–H and O–H groups in total. The molecule has 0 saturated carbocycles. The Morgan fingerprint density at radius 2 is 2.00 bits per heavy atom. The third-order valence-electron chi connectivity index (χ3n) is 3.34. The molecule has 4 heteroatoms. The van der Waals surface area contributed by atoms with Crippen molar-refractivity contribution < 1.29 is 4.39 Å². The zero-order valence-corrected chi connectivity index (χ0v) is 11.4. The molecule has 3 rings (SSSR count). The van der Waals surface area contributed by atoms with Crippen LogP contribution in [0.4, 0.5) is 4.39 Å². The maximum atomic E-state index is 13.8.